The summed E-state index contributed by atoms with van der Waals surface area (Å²) in [4.78, 5) is 34.6. The SMILES string of the molecule is O=C(CCO[N+](=O)[O-])OCOC(=O)C1=Cc2cc(S(F)(F)(F)(F)F)ccc2O[C@@H]1C(F)(F)F. The van der Waals surface area contributed by atoms with Crippen molar-refractivity contribution in [3.05, 3.63) is 39.4 Å². The Balaban J connectivity index is 2.23. The molecule has 33 heavy (non-hydrogen) atoms. The molecule has 9 nitrogen and oxygen atoms in total. The Morgan fingerprint density at radius 3 is 2.30 bits per heavy atom. The van der Waals surface area contributed by atoms with Crippen molar-refractivity contribution in [2.75, 3.05) is 13.4 Å². The lowest BCUT2D eigenvalue weighted by Crippen LogP contribution is -2.41. The monoisotopic (exact) mass is 517 g/mol. The Morgan fingerprint density at radius 1 is 1.12 bits per heavy atom. The zero-order valence-electron chi connectivity index (χ0n) is 15.7. The molecule has 1 aliphatic rings. The number of hydrogen-bond donors (Lipinski definition) is 0. The molecule has 186 valence electrons. The summed E-state index contributed by atoms with van der Waals surface area (Å²) < 4.78 is 118. The standard InChI is InChI=1S/C15H11F8NO8S/c16-15(17,18)13-10(14(26)30-7-29-12(25)3-4-31-24(27)28)6-8-5-9(1-2-11(8)32-13)33(19,20,21,22)23/h1-2,5-6,13H,3-4,7H2/t13-/m0/s1. The second-order valence-electron chi connectivity index (χ2n) is 6.18. The van der Waals surface area contributed by atoms with Crippen LogP contribution in [0.25, 0.3) is 6.08 Å². The molecule has 0 amide bonds. The van der Waals surface area contributed by atoms with Crippen LogP contribution < -0.4 is 4.74 Å². The van der Waals surface area contributed by atoms with Crippen molar-refractivity contribution in [3.8, 4) is 5.75 Å². The van der Waals surface area contributed by atoms with Gasteiger partial charge < -0.3 is 19.0 Å². The first kappa shape index (κ1) is 25.9. The number of nitrogens with zero attached hydrogens (tertiary/aromatic N) is 1. The summed E-state index contributed by atoms with van der Waals surface area (Å²) in [5.41, 5.74) is -2.33. The largest absolute Gasteiger partial charge is 0.475 e. The Kier molecular flexibility index (Phi) is 6.23. The summed E-state index contributed by atoms with van der Waals surface area (Å²) in [6.45, 7) is -2.02. The van der Waals surface area contributed by atoms with E-state index >= 15 is 0 Å². The minimum absolute atomic E-state index is 0.160. The topological polar surface area (TPSA) is 114 Å². The summed E-state index contributed by atoms with van der Waals surface area (Å²) in [7, 11) is -10.2. The summed E-state index contributed by atoms with van der Waals surface area (Å²) in [6.07, 6.45) is -8.79. The molecule has 1 aromatic rings. The Morgan fingerprint density at radius 2 is 1.76 bits per heavy atom. The Bertz CT molecular complexity index is 1010. The molecule has 1 heterocycles. The van der Waals surface area contributed by atoms with Crippen LogP contribution in [0.4, 0.5) is 32.6 Å². The van der Waals surface area contributed by atoms with E-state index in [1.165, 1.54) is 0 Å². The lowest BCUT2D eigenvalue weighted by atomic mass is 10.0. The molecule has 0 saturated carbocycles. The zero-order chi connectivity index (χ0) is 25.3. The highest BCUT2D eigenvalue weighted by molar-refractivity contribution is 8.45. The van der Waals surface area contributed by atoms with Crippen LogP contribution in [0.5, 0.6) is 5.75 Å². The highest BCUT2D eigenvalue weighted by Crippen LogP contribution is 3.02. The van der Waals surface area contributed by atoms with E-state index < -0.39 is 81.1 Å². The molecule has 1 atom stereocenters. The van der Waals surface area contributed by atoms with Gasteiger partial charge in [-0.2, -0.15) is 13.2 Å². The van der Waals surface area contributed by atoms with Crippen molar-refractivity contribution in [2.45, 2.75) is 23.6 Å². The third kappa shape index (κ3) is 7.09. The fourth-order valence-corrected chi connectivity index (χ4v) is 3.01. The number of esters is 2. The normalized spacial score (nSPS) is 17.9. The van der Waals surface area contributed by atoms with E-state index in [0.717, 1.165) is 0 Å². The molecule has 1 aromatic carbocycles. The first-order chi connectivity index (χ1) is 14.8. The van der Waals surface area contributed by atoms with Gasteiger partial charge >= 0.3 is 28.3 Å². The second kappa shape index (κ2) is 7.92. The molecule has 0 N–H and O–H groups in total. The molecule has 0 fully saturated rings. The molecule has 1 aliphatic heterocycles. The van der Waals surface area contributed by atoms with Crippen LogP contribution in [-0.4, -0.2) is 42.7 Å². The van der Waals surface area contributed by atoms with Crippen molar-refractivity contribution < 1.29 is 66.3 Å². The number of carbonyl (C=O) groups excluding carboxylic acids is 2. The Hall–Kier alpha value is -3.31. The smallest absolute Gasteiger partial charge is 0.430 e. The molecule has 0 saturated heterocycles. The van der Waals surface area contributed by atoms with Crippen molar-refractivity contribution in [1.29, 1.82) is 0 Å². The van der Waals surface area contributed by atoms with Crippen molar-refractivity contribution in [3.63, 3.8) is 0 Å². The molecule has 0 spiro atoms. The summed E-state index contributed by atoms with van der Waals surface area (Å²) in [5, 5.41) is 8.70. The van der Waals surface area contributed by atoms with Gasteiger partial charge in [-0.1, -0.05) is 19.4 Å². The summed E-state index contributed by atoms with van der Waals surface area (Å²) in [6, 6.07) is -0.103. The van der Waals surface area contributed by atoms with Gasteiger partial charge in [0.1, 0.15) is 17.3 Å². The second-order valence-corrected chi connectivity index (χ2v) is 8.59. The maximum atomic E-state index is 13.3. The first-order valence-corrected chi connectivity index (χ1v) is 10.2. The minimum Gasteiger partial charge on any atom is -0.475 e. The fraction of sp³-hybridized carbons (Fsp3) is 0.333. The van der Waals surface area contributed by atoms with Crippen LogP contribution in [0.3, 0.4) is 0 Å². The van der Waals surface area contributed by atoms with Crippen LogP contribution in [0.1, 0.15) is 12.0 Å². The summed E-state index contributed by atoms with van der Waals surface area (Å²) in [5.74, 6) is -3.93. The number of benzene rings is 1. The van der Waals surface area contributed by atoms with Crippen LogP contribution in [0.15, 0.2) is 28.7 Å². The maximum Gasteiger partial charge on any atom is 0.430 e. The van der Waals surface area contributed by atoms with E-state index in [1.807, 2.05) is 0 Å². The van der Waals surface area contributed by atoms with E-state index in [4.69, 9.17) is 0 Å². The average Bonchev–Trinajstić information content (AvgIpc) is 2.63. The molecule has 0 radical (unpaired) electrons. The van der Waals surface area contributed by atoms with Gasteiger partial charge in [-0.3, -0.25) is 4.79 Å². The number of carbonyl (C=O) groups is 2. The highest BCUT2D eigenvalue weighted by Gasteiger charge is 2.65. The Labute approximate surface area is 177 Å². The fourth-order valence-electron chi connectivity index (χ4n) is 2.34. The van der Waals surface area contributed by atoms with Crippen molar-refractivity contribution >= 4 is 28.2 Å². The van der Waals surface area contributed by atoms with Gasteiger partial charge in [0.05, 0.1) is 12.0 Å². The van der Waals surface area contributed by atoms with Gasteiger partial charge in [0.15, 0.2) is 0 Å². The third-order valence-corrected chi connectivity index (χ3v) is 4.86. The van der Waals surface area contributed by atoms with E-state index in [-0.39, 0.29) is 24.3 Å². The van der Waals surface area contributed by atoms with Gasteiger partial charge in [0.2, 0.25) is 12.9 Å². The average molecular weight is 517 g/mol. The number of ether oxygens (including phenoxy) is 3. The predicted molar refractivity (Wildman–Crippen MR) is 90.9 cm³/mol. The minimum atomic E-state index is -10.2. The van der Waals surface area contributed by atoms with Gasteiger partial charge in [-0.25, -0.2) is 4.79 Å². The van der Waals surface area contributed by atoms with Crippen molar-refractivity contribution in [2.24, 2.45) is 0 Å². The van der Waals surface area contributed by atoms with Crippen LogP contribution in [-0.2, 0) is 23.9 Å². The molecule has 0 bridgehead atoms. The van der Waals surface area contributed by atoms with Crippen LogP contribution in [0, 0.1) is 10.1 Å². The van der Waals surface area contributed by atoms with Gasteiger partial charge in [0, 0.05) is 5.56 Å². The van der Waals surface area contributed by atoms with E-state index in [0.29, 0.717) is 0 Å². The van der Waals surface area contributed by atoms with E-state index in [1.54, 1.807) is 0 Å². The predicted octanol–water partition coefficient (Wildman–Crippen LogP) is 4.69. The lowest BCUT2D eigenvalue weighted by Gasteiger charge is -2.41. The number of halogens is 8. The number of hydrogen-bond acceptors (Lipinski definition) is 8. The molecule has 18 heteroatoms. The highest BCUT2D eigenvalue weighted by atomic mass is 32.5. The molecule has 0 unspecified atom stereocenters. The van der Waals surface area contributed by atoms with Gasteiger partial charge in [0.25, 0.3) is 5.09 Å². The zero-order valence-corrected chi connectivity index (χ0v) is 16.5. The van der Waals surface area contributed by atoms with Gasteiger partial charge in [-0.15, -0.1) is 10.1 Å². The van der Waals surface area contributed by atoms with Crippen molar-refractivity contribution in [1.82, 2.24) is 0 Å². The summed E-state index contributed by atoms with van der Waals surface area (Å²) >= 11 is 0. The van der Waals surface area contributed by atoms with Gasteiger partial charge in [-0.05, 0) is 24.3 Å². The molecule has 0 aliphatic carbocycles. The van der Waals surface area contributed by atoms with E-state index in [9.17, 15) is 52.3 Å². The van der Waals surface area contributed by atoms with Crippen LogP contribution >= 0.6 is 10.2 Å². The number of alkyl halides is 3. The first-order valence-electron chi connectivity index (χ1n) is 8.21. The number of fused-ring (bicyclic) bond motifs is 1. The molecule has 2 rings (SSSR count). The molecular weight excluding hydrogens is 506 g/mol. The number of rotatable bonds is 8. The lowest BCUT2D eigenvalue weighted by molar-refractivity contribution is -0.757. The third-order valence-electron chi connectivity index (χ3n) is 3.71. The molecular formula is C15H11F8NO8S. The quantitative estimate of drug-likeness (QED) is 0.160. The molecule has 0 aromatic heterocycles. The maximum absolute atomic E-state index is 13.3. The van der Waals surface area contributed by atoms with E-state index in [2.05, 4.69) is 19.0 Å². The van der Waals surface area contributed by atoms with Crippen LogP contribution in [0.2, 0.25) is 0 Å².